The molecular weight excluding hydrogens is 350 g/mol. The Hall–Kier alpha value is -3.04. The number of hydrogen-bond acceptors (Lipinski definition) is 5. The van der Waals surface area contributed by atoms with E-state index in [4.69, 9.17) is 11.2 Å². The summed E-state index contributed by atoms with van der Waals surface area (Å²) < 4.78 is 4.91. The molecule has 0 spiro atoms. The third kappa shape index (κ3) is 5.80. The van der Waals surface area contributed by atoms with Gasteiger partial charge in [0.05, 0.1) is 0 Å². The number of carbonyl (C=O) groups is 3. The first-order valence-electron chi connectivity index (χ1n) is 7.80. The topological polar surface area (TPSA) is 72.5 Å². The van der Waals surface area contributed by atoms with Crippen LogP contribution in [-0.2, 0) is 9.53 Å². The molecule has 1 amide bonds. The molecule has 0 aliphatic rings. The molecule has 2 aromatic carbocycles. The minimum Gasteiger partial charge on any atom is -0.451 e. The van der Waals surface area contributed by atoms with Gasteiger partial charge in [0.1, 0.15) is 6.04 Å². The van der Waals surface area contributed by atoms with Gasteiger partial charge in [-0.15, -0.1) is 6.42 Å². The smallest absolute Gasteiger partial charge is 0.330 e. The molecule has 0 aromatic heterocycles. The minimum atomic E-state index is -0.992. The molecule has 0 bridgehead atoms. The van der Waals surface area contributed by atoms with E-state index >= 15 is 0 Å². The van der Waals surface area contributed by atoms with Gasteiger partial charge in [-0.05, 0) is 12.1 Å². The van der Waals surface area contributed by atoms with Crippen molar-refractivity contribution in [3.8, 4) is 12.3 Å². The number of benzene rings is 2. The Morgan fingerprint density at radius 1 is 1.00 bits per heavy atom. The quantitative estimate of drug-likeness (QED) is 0.601. The first-order valence-corrected chi connectivity index (χ1v) is 8.78. The maximum absolute atomic E-state index is 12.3. The van der Waals surface area contributed by atoms with Crippen molar-refractivity contribution in [2.24, 2.45) is 0 Å². The van der Waals surface area contributed by atoms with E-state index in [2.05, 4.69) is 11.2 Å². The zero-order valence-corrected chi connectivity index (χ0v) is 14.7. The van der Waals surface area contributed by atoms with Crippen molar-refractivity contribution in [2.75, 3.05) is 12.4 Å². The number of esters is 1. The highest BCUT2D eigenvalue weighted by Crippen LogP contribution is 2.14. The summed E-state index contributed by atoms with van der Waals surface area (Å²) in [6.45, 7) is -0.201. The van der Waals surface area contributed by atoms with Gasteiger partial charge in [0.25, 0.3) is 5.91 Å². The number of nitrogens with one attached hydrogen (secondary N) is 1. The summed E-state index contributed by atoms with van der Waals surface area (Å²) in [7, 11) is 0. The predicted octanol–water partition coefficient (Wildman–Crippen LogP) is 2.54. The van der Waals surface area contributed by atoms with Gasteiger partial charge in [0, 0.05) is 16.9 Å². The molecule has 0 aliphatic heterocycles. The predicted molar refractivity (Wildman–Crippen MR) is 101 cm³/mol. The number of terminal acetylenes is 1. The molecule has 0 saturated heterocycles. The molecule has 1 unspecified atom stereocenters. The number of ether oxygens (including phenoxy) is 1. The van der Waals surface area contributed by atoms with Crippen LogP contribution in [0.15, 0.2) is 60.7 Å². The Morgan fingerprint density at radius 2 is 1.58 bits per heavy atom. The van der Waals surface area contributed by atoms with Crippen molar-refractivity contribution >= 4 is 28.8 Å². The van der Waals surface area contributed by atoms with E-state index in [0.717, 1.165) is 11.8 Å². The lowest BCUT2D eigenvalue weighted by molar-refractivity contribution is -0.143. The Kier molecular flexibility index (Phi) is 7.47. The van der Waals surface area contributed by atoms with Crippen LogP contribution < -0.4 is 5.32 Å². The molecule has 132 valence electrons. The lowest BCUT2D eigenvalue weighted by Crippen LogP contribution is -2.44. The fourth-order valence-electron chi connectivity index (χ4n) is 2.03. The monoisotopic (exact) mass is 367 g/mol. The van der Waals surface area contributed by atoms with E-state index in [-0.39, 0.29) is 17.5 Å². The van der Waals surface area contributed by atoms with Gasteiger partial charge in [-0.3, -0.25) is 9.59 Å². The van der Waals surface area contributed by atoms with E-state index in [1.54, 1.807) is 54.6 Å². The Labute approximate surface area is 156 Å². The average Bonchev–Trinajstić information content (AvgIpc) is 2.70. The Bertz CT molecular complexity index is 800. The highest BCUT2D eigenvalue weighted by molar-refractivity contribution is 8.14. The molecule has 26 heavy (non-hydrogen) atoms. The fraction of sp³-hybridized carbons (Fsp3) is 0.150. The summed E-state index contributed by atoms with van der Waals surface area (Å²) in [5, 5.41) is 2.39. The Balaban J connectivity index is 2.03. The average molecular weight is 367 g/mol. The van der Waals surface area contributed by atoms with Crippen molar-refractivity contribution in [1.82, 2.24) is 5.32 Å². The molecule has 0 fully saturated rings. The summed E-state index contributed by atoms with van der Waals surface area (Å²) in [4.78, 5) is 36.7. The molecule has 1 atom stereocenters. The highest BCUT2D eigenvalue weighted by Gasteiger charge is 2.24. The summed E-state index contributed by atoms with van der Waals surface area (Å²) >= 11 is 0.930. The second-order valence-electron chi connectivity index (χ2n) is 5.17. The van der Waals surface area contributed by atoms with E-state index in [9.17, 15) is 14.4 Å². The van der Waals surface area contributed by atoms with Crippen molar-refractivity contribution in [3.05, 3.63) is 71.8 Å². The summed E-state index contributed by atoms with van der Waals surface area (Å²) in [5.41, 5.74) is 0.921. The van der Waals surface area contributed by atoms with Gasteiger partial charge in [-0.2, -0.15) is 0 Å². The lowest BCUT2D eigenvalue weighted by Gasteiger charge is -2.16. The molecular formula is C20H17NO4S. The molecule has 0 aliphatic carbocycles. The SMILES string of the molecule is C#CCOC(=O)C(CSC(=O)c1ccccc1)NC(=O)c1ccccc1. The standard InChI is InChI=1S/C20H17NO4S/c1-2-13-25-19(23)17(21-18(22)15-9-5-3-6-10-15)14-26-20(24)16-11-7-4-8-12-16/h1,3-12,17H,13-14H2,(H,21,22). The first kappa shape index (κ1) is 19.3. The van der Waals surface area contributed by atoms with Crippen molar-refractivity contribution < 1.29 is 19.1 Å². The van der Waals surface area contributed by atoms with Gasteiger partial charge in [0.2, 0.25) is 5.12 Å². The van der Waals surface area contributed by atoms with Crippen molar-refractivity contribution in [3.63, 3.8) is 0 Å². The Morgan fingerprint density at radius 3 is 2.15 bits per heavy atom. The zero-order chi connectivity index (χ0) is 18.8. The summed E-state index contributed by atoms with van der Waals surface area (Å²) in [6, 6.07) is 16.2. The van der Waals surface area contributed by atoms with E-state index in [0.29, 0.717) is 11.1 Å². The minimum absolute atomic E-state index is 0.0374. The van der Waals surface area contributed by atoms with Crippen LogP contribution in [0.2, 0.25) is 0 Å². The fourth-order valence-corrected chi connectivity index (χ4v) is 2.87. The van der Waals surface area contributed by atoms with Crippen LogP contribution in [0.1, 0.15) is 20.7 Å². The van der Waals surface area contributed by atoms with Crippen LogP contribution in [0.3, 0.4) is 0 Å². The zero-order valence-electron chi connectivity index (χ0n) is 13.9. The maximum Gasteiger partial charge on any atom is 0.330 e. The highest BCUT2D eigenvalue weighted by atomic mass is 32.2. The second kappa shape index (κ2) is 10.1. The van der Waals surface area contributed by atoms with Crippen LogP contribution in [-0.4, -0.2) is 35.4 Å². The summed E-state index contributed by atoms with van der Waals surface area (Å²) in [5.74, 6) is 1.13. The van der Waals surface area contributed by atoms with E-state index < -0.39 is 17.9 Å². The van der Waals surface area contributed by atoms with E-state index in [1.165, 1.54) is 0 Å². The number of carbonyl (C=O) groups excluding carboxylic acids is 3. The van der Waals surface area contributed by atoms with E-state index in [1.807, 2.05) is 6.07 Å². The van der Waals surface area contributed by atoms with Gasteiger partial charge in [-0.25, -0.2) is 4.79 Å². The van der Waals surface area contributed by atoms with Crippen LogP contribution in [0, 0.1) is 12.3 Å². The summed E-state index contributed by atoms with van der Waals surface area (Å²) in [6.07, 6.45) is 5.09. The number of amides is 1. The number of hydrogen-bond donors (Lipinski definition) is 1. The molecule has 5 nitrogen and oxygen atoms in total. The third-order valence-corrected chi connectivity index (χ3v) is 4.31. The molecule has 6 heteroatoms. The first-order chi connectivity index (χ1) is 12.6. The molecule has 0 radical (unpaired) electrons. The molecule has 1 N–H and O–H groups in total. The number of rotatable bonds is 7. The van der Waals surface area contributed by atoms with Crippen LogP contribution >= 0.6 is 11.8 Å². The van der Waals surface area contributed by atoms with Gasteiger partial charge in [-0.1, -0.05) is 66.2 Å². The van der Waals surface area contributed by atoms with Gasteiger partial charge in [0.15, 0.2) is 6.61 Å². The second-order valence-corrected chi connectivity index (χ2v) is 6.16. The molecule has 0 saturated carbocycles. The van der Waals surface area contributed by atoms with Crippen LogP contribution in [0.25, 0.3) is 0 Å². The van der Waals surface area contributed by atoms with Crippen molar-refractivity contribution in [2.45, 2.75) is 6.04 Å². The van der Waals surface area contributed by atoms with Gasteiger partial charge >= 0.3 is 5.97 Å². The number of thioether (sulfide) groups is 1. The molecule has 2 rings (SSSR count). The van der Waals surface area contributed by atoms with Crippen LogP contribution in [0.5, 0.6) is 0 Å². The molecule has 0 heterocycles. The molecule has 2 aromatic rings. The largest absolute Gasteiger partial charge is 0.451 e. The normalized spacial score (nSPS) is 11.0. The third-order valence-electron chi connectivity index (χ3n) is 3.31. The van der Waals surface area contributed by atoms with Crippen molar-refractivity contribution in [1.29, 1.82) is 0 Å². The van der Waals surface area contributed by atoms with Gasteiger partial charge < -0.3 is 10.1 Å². The maximum atomic E-state index is 12.3. The lowest BCUT2D eigenvalue weighted by atomic mass is 10.2. The van der Waals surface area contributed by atoms with Crippen LogP contribution in [0.4, 0.5) is 0 Å².